The molecule has 0 fully saturated rings. The zero-order chi connectivity index (χ0) is 15.6. The third-order valence-corrected chi connectivity index (χ3v) is 4.00. The number of rotatable bonds is 5. The Balaban J connectivity index is 2.13. The Morgan fingerprint density at radius 2 is 1.81 bits per heavy atom. The molecule has 2 rings (SSSR count). The Labute approximate surface area is 124 Å². The minimum atomic E-state index is -0.0825. The predicted molar refractivity (Wildman–Crippen MR) is 84.2 cm³/mol. The summed E-state index contributed by atoms with van der Waals surface area (Å²) in [6, 6.07) is 7.77. The van der Waals surface area contributed by atoms with Crippen molar-refractivity contribution in [1.82, 2.24) is 14.5 Å². The molecular weight excluding hydrogens is 266 g/mol. The molecule has 1 aromatic carbocycles. The summed E-state index contributed by atoms with van der Waals surface area (Å²) >= 11 is 0. The molecule has 0 aliphatic carbocycles. The fourth-order valence-electron chi connectivity index (χ4n) is 2.29. The van der Waals surface area contributed by atoms with Crippen LogP contribution >= 0.6 is 0 Å². The van der Waals surface area contributed by atoms with Gasteiger partial charge in [-0.1, -0.05) is 26.0 Å². The first-order chi connectivity index (χ1) is 9.91. The first kappa shape index (κ1) is 15.4. The molecule has 0 bridgehead atoms. The van der Waals surface area contributed by atoms with Crippen molar-refractivity contribution in [2.24, 2.45) is 13.0 Å². The summed E-state index contributed by atoms with van der Waals surface area (Å²) in [5.74, 6) is 0.380. The normalized spacial score (nSPS) is 12.8. The average Bonchev–Trinajstić information content (AvgIpc) is 2.69. The summed E-state index contributed by atoms with van der Waals surface area (Å²) in [6.45, 7) is 6.53. The maximum Gasteiger partial charge on any atom is 0.328 e. The number of nitrogens with zero attached hydrogens (tertiary/aromatic N) is 2. The highest BCUT2D eigenvalue weighted by atomic mass is 16.2. The first-order valence-electron chi connectivity index (χ1n) is 7.35. The lowest BCUT2D eigenvalue weighted by atomic mass is 10.1. The fraction of sp³-hybridized carbons (Fsp3) is 0.500. The van der Waals surface area contributed by atoms with Crippen molar-refractivity contribution in [3.63, 3.8) is 0 Å². The quantitative estimate of drug-likeness (QED) is 0.914. The molecule has 1 atom stereocenters. The Morgan fingerprint density at radius 3 is 2.43 bits per heavy atom. The molecule has 1 N–H and O–H groups in total. The number of carbonyl (C=O) groups excluding carboxylic acids is 1. The Hall–Kier alpha value is -2.04. The number of aromatic nitrogens is 2. The van der Waals surface area contributed by atoms with E-state index in [0.29, 0.717) is 18.9 Å². The minimum Gasteiger partial charge on any atom is -0.353 e. The fourth-order valence-corrected chi connectivity index (χ4v) is 2.29. The Morgan fingerprint density at radius 1 is 1.19 bits per heavy atom. The van der Waals surface area contributed by atoms with E-state index in [4.69, 9.17) is 0 Å². The van der Waals surface area contributed by atoms with E-state index in [2.05, 4.69) is 19.2 Å². The summed E-state index contributed by atoms with van der Waals surface area (Å²) < 4.78 is 3.28. The zero-order valence-electron chi connectivity index (χ0n) is 13.1. The van der Waals surface area contributed by atoms with Gasteiger partial charge in [-0.3, -0.25) is 13.9 Å². The van der Waals surface area contributed by atoms with E-state index in [1.807, 2.05) is 31.2 Å². The van der Waals surface area contributed by atoms with Crippen molar-refractivity contribution in [2.45, 2.75) is 39.8 Å². The topological polar surface area (TPSA) is 56.0 Å². The number of carbonyl (C=O) groups is 1. The van der Waals surface area contributed by atoms with Crippen LogP contribution in [0.1, 0.15) is 27.2 Å². The predicted octanol–water partition coefficient (Wildman–Crippen LogP) is 1.89. The molecule has 1 heterocycles. The average molecular weight is 289 g/mol. The smallest absolute Gasteiger partial charge is 0.328 e. The third kappa shape index (κ3) is 3.17. The van der Waals surface area contributed by atoms with E-state index >= 15 is 0 Å². The molecule has 5 nitrogen and oxygen atoms in total. The molecule has 1 unspecified atom stereocenters. The van der Waals surface area contributed by atoms with Crippen LogP contribution in [0.5, 0.6) is 0 Å². The van der Waals surface area contributed by atoms with Crippen molar-refractivity contribution < 1.29 is 4.79 Å². The van der Waals surface area contributed by atoms with Crippen LogP contribution in [0.25, 0.3) is 11.0 Å². The van der Waals surface area contributed by atoms with Gasteiger partial charge in [0.05, 0.1) is 11.0 Å². The molecule has 21 heavy (non-hydrogen) atoms. The van der Waals surface area contributed by atoms with Gasteiger partial charge in [-0.25, -0.2) is 4.79 Å². The highest BCUT2D eigenvalue weighted by Crippen LogP contribution is 2.11. The minimum absolute atomic E-state index is 0.0176. The van der Waals surface area contributed by atoms with E-state index < -0.39 is 0 Å². The van der Waals surface area contributed by atoms with Crippen LogP contribution in [0.2, 0.25) is 0 Å². The molecule has 1 amide bonds. The monoisotopic (exact) mass is 289 g/mol. The van der Waals surface area contributed by atoms with Gasteiger partial charge in [-0.15, -0.1) is 0 Å². The first-order valence-corrected chi connectivity index (χ1v) is 7.35. The molecule has 114 valence electrons. The van der Waals surface area contributed by atoms with Crippen molar-refractivity contribution >= 4 is 16.9 Å². The van der Waals surface area contributed by atoms with Crippen molar-refractivity contribution in [2.75, 3.05) is 0 Å². The second-order valence-corrected chi connectivity index (χ2v) is 5.83. The lowest BCUT2D eigenvalue weighted by molar-refractivity contribution is -0.122. The van der Waals surface area contributed by atoms with Crippen molar-refractivity contribution in [3.05, 3.63) is 34.7 Å². The van der Waals surface area contributed by atoms with E-state index in [-0.39, 0.29) is 17.6 Å². The van der Waals surface area contributed by atoms with Crippen LogP contribution in [0.4, 0.5) is 0 Å². The maximum atomic E-state index is 12.2. The molecule has 0 aliphatic heterocycles. The number of benzene rings is 1. The Bertz CT molecular complexity index is 697. The van der Waals surface area contributed by atoms with Crippen molar-refractivity contribution in [3.8, 4) is 0 Å². The second kappa shape index (κ2) is 6.16. The van der Waals surface area contributed by atoms with Gasteiger partial charge in [0, 0.05) is 26.1 Å². The number of para-hydroxylation sites is 2. The summed E-state index contributed by atoms with van der Waals surface area (Å²) in [7, 11) is 1.75. The number of amides is 1. The van der Waals surface area contributed by atoms with Gasteiger partial charge < -0.3 is 5.32 Å². The van der Waals surface area contributed by atoms with Crippen molar-refractivity contribution in [1.29, 1.82) is 0 Å². The molecule has 0 saturated carbocycles. The number of hydrogen-bond acceptors (Lipinski definition) is 2. The summed E-state index contributed by atoms with van der Waals surface area (Å²) in [6.07, 6.45) is 0.310. The van der Waals surface area contributed by atoms with Crippen LogP contribution in [-0.4, -0.2) is 21.1 Å². The second-order valence-electron chi connectivity index (χ2n) is 5.83. The molecule has 5 heteroatoms. The summed E-state index contributed by atoms with van der Waals surface area (Å²) in [4.78, 5) is 24.2. The van der Waals surface area contributed by atoms with E-state index in [1.165, 1.54) is 0 Å². The SMILES string of the molecule is CC(C)C(C)NC(=O)CCn1c(=O)n(C)c2ccccc21. The van der Waals surface area contributed by atoms with Crippen LogP contribution in [0.3, 0.4) is 0 Å². The molecule has 0 radical (unpaired) electrons. The zero-order valence-corrected chi connectivity index (χ0v) is 13.1. The number of hydrogen-bond donors (Lipinski definition) is 1. The largest absolute Gasteiger partial charge is 0.353 e. The summed E-state index contributed by atoms with van der Waals surface area (Å²) in [5.41, 5.74) is 1.68. The van der Waals surface area contributed by atoms with Gasteiger partial charge in [0.15, 0.2) is 0 Å². The van der Waals surface area contributed by atoms with Gasteiger partial charge in [0.25, 0.3) is 0 Å². The summed E-state index contributed by atoms with van der Waals surface area (Å²) in [5, 5.41) is 2.96. The molecule has 2 aromatic rings. The highest BCUT2D eigenvalue weighted by Gasteiger charge is 2.13. The van der Waals surface area contributed by atoms with Gasteiger partial charge in [-0.05, 0) is 25.0 Å². The maximum absolute atomic E-state index is 12.2. The lowest BCUT2D eigenvalue weighted by Gasteiger charge is -2.17. The standard InChI is InChI=1S/C16H23N3O2/c1-11(2)12(3)17-15(20)9-10-19-14-8-6-5-7-13(14)18(4)16(19)21/h5-8,11-12H,9-10H2,1-4H3,(H,17,20). The molecule has 0 aliphatic rings. The van der Waals surface area contributed by atoms with Crippen LogP contribution in [-0.2, 0) is 18.4 Å². The molecule has 1 aromatic heterocycles. The van der Waals surface area contributed by atoms with Gasteiger partial charge in [-0.2, -0.15) is 0 Å². The number of fused-ring (bicyclic) bond motifs is 1. The molecule has 0 spiro atoms. The van der Waals surface area contributed by atoms with Gasteiger partial charge in [0.2, 0.25) is 5.91 Å². The van der Waals surface area contributed by atoms with E-state index in [9.17, 15) is 9.59 Å². The molecular formula is C16H23N3O2. The van der Waals surface area contributed by atoms with Crippen LogP contribution in [0, 0.1) is 5.92 Å². The Kier molecular flexibility index (Phi) is 4.50. The molecule has 0 saturated heterocycles. The number of nitrogens with one attached hydrogen (secondary N) is 1. The van der Waals surface area contributed by atoms with Crippen LogP contribution in [0.15, 0.2) is 29.1 Å². The third-order valence-electron chi connectivity index (χ3n) is 4.00. The number of aryl methyl sites for hydroxylation is 2. The van der Waals surface area contributed by atoms with E-state index in [0.717, 1.165) is 11.0 Å². The number of imidazole rings is 1. The van der Waals surface area contributed by atoms with Gasteiger partial charge >= 0.3 is 5.69 Å². The van der Waals surface area contributed by atoms with E-state index in [1.54, 1.807) is 16.2 Å². The van der Waals surface area contributed by atoms with Crippen LogP contribution < -0.4 is 11.0 Å². The van der Waals surface area contributed by atoms with Gasteiger partial charge in [0.1, 0.15) is 0 Å². The lowest BCUT2D eigenvalue weighted by Crippen LogP contribution is -2.37. The highest BCUT2D eigenvalue weighted by molar-refractivity contribution is 5.78.